The normalized spacial score (nSPS) is 12.2. The molecule has 1 rings (SSSR count). The van der Waals surface area contributed by atoms with Crippen LogP contribution >= 0.6 is 0 Å². The summed E-state index contributed by atoms with van der Waals surface area (Å²) in [7, 11) is 0. The van der Waals surface area contributed by atoms with Crippen LogP contribution in [0.25, 0.3) is 0 Å². The van der Waals surface area contributed by atoms with Crippen molar-refractivity contribution in [2.45, 2.75) is 13.8 Å². The molecule has 0 aromatic heterocycles. The van der Waals surface area contributed by atoms with Gasteiger partial charge in [0.05, 0.1) is 0 Å². The fourth-order valence-corrected chi connectivity index (χ4v) is 1.30. The second-order valence-corrected chi connectivity index (χ2v) is 3.95. The largest absolute Gasteiger partial charge is 0.508 e. The molecule has 4 nitrogen and oxygen atoms in total. The lowest BCUT2D eigenvalue weighted by Gasteiger charge is -2.11. The van der Waals surface area contributed by atoms with Crippen LogP contribution in [-0.4, -0.2) is 29.3 Å². The maximum absolute atomic E-state index is 11.7. The van der Waals surface area contributed by atoms with E-state index in [-0.39, 0.29) is 24.2 Å². The Labute approximate surface area is 94.9 Å². The van der Waals surface area contributed by atoms with Gasteiger partial charge in [0.2, 0.25) is 0 Å². The number of benzene rings is 1. The van der Waals surface area contributed by atoms with Gasteiger partial charge in [0.15, 0.2) is 0 Å². The first-order valence-corrected chi connectivity index (χ1v) is 5.24. The van der Waals surface area contributed by atoms with E-state index in [9.17, 15) is 9.90 Å². The molecule has 0 saturated carbocycles. The molecule has 0 spiro atoms. The maximum Gasteiger partial charge on any atom is 0.251 e. The van der Waals surface area contributed by atoms with Crippen molar-refractivity contribution < 1.29 is 15.0 Å². The molecule has 4 heteroatoms. The number of hydrogen-bond donors (Lipinski definition) is 3. The van der Waals surface area contributed by atoms with Crippen molar-refractivity contribution in [3.63, 3.8) is 0 Å². The van der Waals surface area contributed by atoms with Gasteiger partial charge in [-0.05, 0) is 25.0 Å². The van der Waals surface area contributed by atoms with Gasteiger partial charge in [-0.3, -0.25) is 4.79 Å². The van der Waals surface area contributed by atoms with Gasteiger partial charge in [-0.25, -0.2) is 0 Å². The van der Waals surface area contributed by atoms with Gasteiger partial charge < -0.3 is 15.5 Å². The highest BCUT2D eigenvalue weighted by atomic mass is 16.3. The fraction of sp³-hybridized carbons (Fsp3) is 0.417. The highest BCUT2D eigenvalue weighted by molar-refractivity contribution is 5.96. The predicted molar refractivity (Wildman–Crippen MR) is 61.4 cm³/mol. The van der Waals surface area contributed by atoms with Crippen molar-refractivity contribution in [2.75, 3.05) is 13.2 Å². The number of amides is 1. The van der Waals surface area contributed by atoms with Gasteiger partial charge in [0.1, 0.15) is 5.75 Å². The summed E-state index contributed by atoms with van der Waals surface area (Å²) in [4.78, 5) is 11.7. The number of aliphatic hydroxyl groups excluding tert-OH is 1. The monoisotopic (exact) mass is 223 g/mol. The van der Waals surface area contributed by atoms with Crippen LogP contribution in [0.3, 0.4) is 0 Å². The highest BCUT2D eigenvalue weighted by Gasteiger charge is 2.11. The van der Waals surface area contributed by atoms with Crippen LogP contribution in [0.4, 0.5) is 0 Å². The van der Waals surface area contributed by atoms with Crippen LogP contribution in [0.1, 0.15) is 22.8 Å². The molecule has 1 aromatic carbocycles. The van der Waals surface area contributed by atoms with Gasteiger partial charge >= 0.3 is 0 Å². The summed E-state index contributed by atoms with van der Waals surface area (Å²) in [5.41, 5.74) is 1.03. The Morgan fingerprint density at radius 2 is 2.19 bits per heavy atom. The molecule has 0 radical (unpaired) electrons. The number of nitrogens with one attached hydrogen (secondary N) is 1. The van der Waals surface area contributed by atoms with Crippen molar-refractivity contribution in [1.29, 1.82) is 0 Å². The molecule has 3 N–H and O–H groups in total. The highest BCUT2D eigenvalue weighted by Crippen LogP contribution is 2.19. The molecule has 1 amide bonds. The average molecular weight is 223 g/mol. The minimum Gasteiger partial charge on any atom is -0.508 e. The molecule has 0 aliphatic heterocycles. The first-order valence-electron chi connectivity index (χ1n) is 5.24. The predicted octanol–water partition coefficient (Wildman–Crippen LogP) is 1.06. The Bertz CT molecular complexity index is 377. The molecule has 0 fully saturated rings. The van der Waals surface area contributed by atoms with Crippen LogP contribution in [0.5, 0.6) is 5.75 Å². The zero-order valence-electron chi connectivity index (χ0n) is 9.53. The van der Waals surface area contributed by atoms with Crippen molar-refractivity contribution in [3.05, 3.63) is 29.3 Å². The third kappa shape index (κ3) is 2.97. The van der Waals surface area contributed by atoms with Gasteiger partial charge in [0.25, 0.3) is 5.91 Å². The third-order valence-electron chi connectivity index (χ3n) is 2.47. The van der Waals surface area contributed by atoms with E-state index in [1.165, 1.54) is 0 Å². The minimum absolute atomic E-state index is 0.0292. The van der Waals surface area contributed by atoms with Gasteiger partial charge in [-0.2, -0.15) is 0 Å². The van der Waals surface area contributed by atoms with E-state index in [0.29, 0.717) is 17.7 Å². The molecule has 1 aromatic rings. The van der Waals surface area contributed by atoms with Crippen molar-refractivity contribution >= 4 is 5.91 Å². The fourth-order valence-electron chi connectivity index (χ4n) is 1.30. The van der Waals surface area contributed by atoms with Crippen LogP contribution in [0, 0.1) is 12.8 Å². The van der Waals surface area contributed by atoms with E-state index in [2.05, 4.69) is 5.32 Å². The quantitative estimate of drug-likeness (QED) is 0.714. The van der Waals surface area contributed by atoms with Crippen LogP contribution in [0.15, 0.2) is 18.2 Å². The number of aromatic hydroxyl groups is 1. The van der Waals surface area contributed by atoms with E-state index in [1.54, 1.807) is 25.1 Å². The van der Waals surface area contributed by atoms with E-state index in [4.69, 9.17) is 5.11 Å². The van der Waals surface area contributed by atoms with Gasteiger partial charge in [0, 0.05) is 24.3 Å². The standard InChI is InChI=1S/C12H17NO3/c1-8(7-14)6-13-12(16)10-4-3-5-11(15)9(10)2/h3-5,8,14-15H,6-7H2,1-2H3,(H,13,16). The Balaban J connectivity index is 2.70. The summed E-state index contributed by atoms with van der Waals surface area (Å²) in [6, 6.07) is 4.84. The second-order valence-electron chi connectivity index (χ2n) is 3.95. The molecular formula is C12H17NO3. The molecule has 1 atom stereocenters. The van der Waals surface area contributed by atoms with Crippen LogP contribution in [0.2, 0.25) is 0 Å². The number of phenolic OH excluding ortho intramolecular Hbond substituents is 1. The van der Waals surface area contributed by atoms with Crippen LogP contribution < -0.4 is 5.32 Å². The third-order valence-corrected chi connectivity index (χ3v) is 2.47. The number of carbonyl (C=O) groups is 1. The number of phenols is 1. The van der Waals surface area contributed by atoms with E-state index < -0.39 is 0 Å². The topological polar surface area (TPSA) is 69.6 Å². The molecular weight excluding hydrogens is 206 g/mol. The Morgan fingerprint density at radius 3 is 2.81 bits per heavy atom. The summed E-state index contributed by atoms with van der Waals surface area (Å²) >= 11 is 0. The zero-order chi connectivity index (χ0) is 12.1. The lowest BCUT2D eigenvalue weighted by molar-refractivity contribution is 0.0941. The Kier molecular flexibility index (Phi) is 4.31. The number of aliphatic hydroxyl groups is 1. The molecule has 88 valence electrons. The van der Waals surface area contributed by atoms with Gasteiger partial charge in [-0.1, -0.05) is 13.0 Å². The minimum atomic E-state index is -0.228. The summed E-state index contributed by atoms with van der Waals surface area (Å²) in [5, 5.41) is 21.0. The van der Waals surface area contributed by atoms with Crippen molar-refractivity contribution in [1.82, 2.24) is 5.32 Å². The van der Waals surface area contributed by atoms with Crippen molar-refractivity contribution in [3.8, 4) is 5.75 Å². The molecule has 0 heterocycles. The Morgan fingerprint density at radius 1 is 1.50 bits per heavy atom. The summed E-state index contributed by atoms with van der Waals surface area (Å²) in [6.07, 6.45) is 0. The molecule has 0 aliphatic carbocycles. The van der Waals surface area contributed by atoms with Crippen LogP contribution in [-0.2, 0) is 0 Å². The Hall–Kier alpha value is -1.55. The first-order chi connectivity index (χ1) is 7.56. The maximum atomic E-state index is 11.7. The SMILES string of the molecule is Cc1c(O)cccc1C(=O)NCC(C)CO. The smallest absolute Gasteiger partial charge is 0.251 e. The summed E-state index contributed by atoms with van der Waals surface area (Å²) < 4.78 is 0. The van der Waals surface area contributed by atoms with E-state index in [1.807, 2.05) is 6.92 Å². The molecule has 1 unspecified atom stereocenters. The average Bonchev–Trinajstić information content (AvgIpc) is 2.29. The van der Waals surface area contributed by atoms with E-state index >= 15 is 0 Å². The summed E-state index contributed by atoms with van der Waals surface area (Å²) in [5.74, 6) is -0.0851. The van der Waals surface area contributed by atoms with Gasteiger partial charge in [-0.15, -0.1) is 0 Å². The summed E-state index contributed by atoms with van der Waals surface area (Å²) in [6.45, 7) is 4.00. The zero-order valence-corrected chi connectivity index (χ0v) is 9.53. The van der Waals surface area contributed by atoms with E-state index in [0.717, 1.165) is 0 Å². The molecule has 16 heavy (non-hydrogen) atoms. The lowest BCUT2D eigenvalue weighted by atomic mass is 10.1. The lowest BCUT2D eigenvalue weighted by Crippen LogP contribution is -2.29. The first kappa shape index (κ1) is 12.5. The molecule has 0 aliphatic rings. The molecule has 0 saturated heterocycles. The number of rotatable bonds is 4. The number of hydrogen-bond acceptors (Lipinski definition) is 3. The van der Waals surface area contributed by atoms with Crippen molar-refractivity contribution in [2.24, 2.45) is 5.92 Å². The molecule has 0 bridgehead atoms. The number of carbonyl (C=O) groups excluding carboxylic acids is 1. The second kappa shape index (κ2) is 5.51.